The van der Waals surface area contributed by atoms with Crippen LogP contribution in [0, 0.1) is 6.92 Å². The fraction of sp³-hybridized carbons (Fsp3) is 0.333. The number of aliphatic carboxylic acids is 1. The van der Waals surface area contributed by atoms with Crippen LogP contribution in [-0.2, 0) is 30.3 Å². The number of aromatic nitrogens is 1. The highest BCUT2D eigenvalue weighted by molar-refractivity contribution is 8.00. The molecule has 5 rings (SSSR count). The largest absolute Gasteiger partial charge is 0.477 e. The number of thioether (sulfide) groups is 1. The third-order valence-electron chi connectivity index (χ3n) is 6.83. The second-order valence-corrected chi connectivity index (χ2v) is 11.0. The molecule has 1 aromatic heterocycles. The number of carbonyl (C=O) groups is 6. The van der Waals surface area contributed by atoms with Gasteiger partial charge in [0.05, 0.1) is 25.7 Å². The number of esters is 1. The SMILES string of the molecule is CC(=O)OCC1=C(C(=O)O)N2C(=O)C(NC(=O)Cc3ccccc3NC(=O)N3CCN(/N=C/c4cc(C)on4)C3=O)[C@H]2SC1. The van der Waals surface area contributed by atoms with Gasteiger partial charge >= 0.3 is 24.0 Å². The lowest BCUT2D eigenvalue weighted by Gasteiger charge is -2.49. The average molecular weight is 626 g/mol. The molecular formula is C27H27N7O9S. The van der Waals surface area contributed by atoms with Gasteiger partial charge in [0.1, 0.15) is 35.2 Å². The van der Waals surface area contributed by atoms with E-state index in [-0.39, 0.29) is 43.1 Å². The minimum Gasteiger partial charge on any atom is -0.477 e. The van der Waals surface area contributed by atoms with Gasteiger partial charge in [-0.2, -0.15) is 5.10 Å². The second kappa shape index (κ2) is 12.6. The summed E-state index contributed by atoms with van der Waals surface area (Å²) in [7, 11) is 0. The Hall–Kier alpha value is -5.19. The van der Waals surface area contributed by atoms with Crippen LogP contribution in [0.25, 0.3) is 0 Å². The van der Waals surface area contributed by atoms with Crippen LogP contribution in [0.2, 0.25) is 0 Å². The molecule has 0 aliphatic carbocycles. The van der Waals surface area contributed by atoms with Crippen molar-refractivity contribution in [2.45, 2.75) is 31.7 Å². The van der Waals surface area contributed by atoms with Gasteiger partial charge in [0.2, 0.25) is 5.91 Å². The molecule has 0 saturated carbocycles. The van der Waals surface area contributed by atoms with Gasteiger partial charge < -0.3 is 25.0 Å². The molecule has 0 radical (unpaired) electrons. The summed E-state index contributed by atoms with van der Waals surface area (Å²) in [5.74, 6) is -2.27. The number of hydrogen-bond donors (Lipinski definition) is 3. The minimum atomic E-state index is -1.34. The zero-order chi connectivity index (χ0) is 31.5. The lowest BCUT2D eigenvalue weighted by molar-refractivity contribution is -0.151. The van der Waals surface area contributed by atoms with Gasteiger partial charge in [0.25, 0.3) is 5.91 Å². The zero-order valence-corrected chi connectivity index (χ0v) is 24.3. The molecule has 3 aliphatic heterocycles. The Bertz CT molecular complexity index is 1600. The first-order chi connectivity index (χ1) is 21.0. The molecule has 0 spiro atoms. The highest BCUT2D eigenvalue weighted by Gasteiger charge is 2.54. The number of hydrogen-bond acceptors (Lipinski definition) is 11. The Morgan fingerprint density at radius 2 is 2.00 bits per heavy atom. The maximum Gasteiger partial charge on any atom is 0.352 e. The Labute approximate surface area is 254 Å². The van der Waals surface area contributed by atoms with Crippen molar-refractivity contribution in [1.82, 2.24) is 25.3 Å². The van der Waals surface area contributed by atoms with Crippen LogP contribution in [0.15, 0.2) is 51.2 Å². The maximum absolute atomic E-state index is 13.0. The van der Waals surface area contributed by atoms with Crippen molar-refractivity contribution in [3.8, 4) is 0 Å². The van der Waals surface area contributed by atoms with Gasteiger partial charge in [-0.3, -0.25) is 19.3 Å². The van der Waals surface area contributed by atoms with Crippen LogP contribution in [0.5, 0.6) is 0 Å². The molecule has 2 saturated heterocycles. The summed E-state index contributed by atoms with van der Waals surface area (Å²) in [5.41, 5.74) is 1.17. The van der Waals surface area contributed by atoms with E-state index in [1.807, 2.05) is 0 Å². The number of para-hydroxylation sites is 1. The number of carboxylic acids is 1. The Morgan fingerprint density at radius 3 is 2.70 bits per heavy atom. The van der Waals surface area contributed by atoms with Crippen LogP contribution < -0.4 is 10.6 Å². The van der Waals surface area contributed by atoms with Crippen molar-refractivity contribution in [3.63, 3.8) is 0 Å². The molecule has 16 nitrogen and oxygen atoms in total. The number of nitrogens with one attached hydrogen (secondary N) is 2. The minimum absolute atomic E-state index is 0.0806. The number of imide groups is 1. The summed E-state index contributed by atoms with van der Waals surface area (Å²) >= 11 is 1.24. The monoisotopic (exact) mass is 625 g/mol. The number of nitrogens with zero attached hydrogens (tertiary/aromatic N) is 5. The fourth-order valence-electron chi connectivity index (χ4n) is 4.76. The molecule has 1 unspecified atom stereocenters. The van der Waals surface area contributed by atoms with Crippen molar-refractivity contribution in [2.75, 3.05) is 30.8 Å². The number of aryl methyl sites for hydroxylation is 1. The average Bonchev–Trinajstić information content (AvgIpc) is 3.58. The zero-order valence-electron chi connectivity index (χ0n) is 23.5. The summed E-state index contributed by atoms with van der Waals surface area (Å²) in [6, 6.07) is 5.84. The van der Waals surface area contributed by atoms with Gasteiger partial charge in [-0.1, -0.05) is 23.4 Å². The molecule has 4 heterocycles. The number of β-lactam (4-membered cyclic amide) rings is 1. The number of ether oxygens (including phenoxy) is 1. The highest BCUT2D eigenvalue weighted by atomic mass is 32.2. The van der Waals surface area contributed by atoms with E-state index in [1.54, 1.807) is 37.3 Å². The summed E-state index contributed by atoms with van der Waals surface area (Å²) in [5, 5.41) is 23.3. The van der Waals surface area contributed by atoms with Gasteiger partial charge in [-0.25, -0.2) is 24.3 Å². The lowest BCUT2D eigenvalue weighted by Crippen LogP contribution is -2.70. The molecule has 2 fully saturated rings. The summed E-state index contributed by atoms with van der Waals surface area (Å²) in [6.45, 7) is 2.91. The van der Waals surface area contributed by atoms with Crippen LogP contribution in [0.4, 0.5) is 15.3 Å². The molecule has 0 bridgehead atoms. The molecule has 3 N–H and O–H groups in total. The van der Waals surface area contributed by atoms with Gasteiger partial charge in [0.15, 0.2) is 0 Å². The number of benzene rings is 1. The van der Waals surface area contributed by atoms with Crippen molar-refractivity contribution in [1.29, 1.82) is 0 Å². The number of carbonyl (C=O) groups excluding carboxylic acids is 5. The third-order valence-corrected chi connectivity index (χ3v) is 8.17. The number of carboxylic acid groups (broad SMARTS) is 1. The van der Waals surface area contributed by atoms with E-state index in [1.165, 1.54) is 24.9 Å². The van der Waals surface area contributed by atoms with Crippen LogP contribution in [0.3, 0.4) is 0 Å². The first-order valence-electron chi connectivity index (χ1n) is 13.3. The topological polar surface area (TPSA) is 204 Å². The normalized spacial score (nSPS) is 19.6. The van der Waals surface area contributed by atoms with Gasteiger partial charge in [-0.05, 0) is 18.6 Å². The molecular weight excluding hydrogens is 598 g/mol. The van der Waals surface area contributed by atoms with E-state index in [0.29, 0.717) is 22.7 Å². The molecule has 1 aromatic carbocycles. The fourth-order valence-corrected chi connectivity index (χ4v) is 6.08. The van der Waals surface area contributed by atoms with Gasteiger partial charge in [-0.15, -0.1) is 11.8 Å². The van der Waals surface area contributed by atoms with Gasteiger partial charge in [0, 0.05) is 30.0 Å². The van der Waals surface area contributed by atoms with Crippen molar-refractivity contribution in [3.05, 3.63) is 58.6 Å². The molecule has 2 atom stereocenters. The van der Waals surface area contributed by atoms with Crippen LogP contribution in [-0.4, -0.2) is 104 Å². The van der Waals surface area contributed by atoms with E-state index >= 15 is 0 Å². The number of anilines is 1. The van der Waals surface area contributed by atoms with E-state index in [2.05, 4.69) is 20.9 Å². The summed E-state index contributed by atoms with van der Waals surface area (Å²) in [6.07, 6.45) is 1.14. The first-order valence-corrected chi connectivity index (χ1v) is 14.4. The quantitative estimate of drug-likeness (QED) is 0.205. The van der Waals surface area contributed by atoms with Crippen molar-refractivity contribution < 1.29 is 43.1 Å². The number of hydrazone groups is 1. The van der Waals surface area contributed by atoms with E-state index in [9.17, 15) is 33.9 Å². The Morgan fingerprint density at radius 1 is 1.23 bits per heavy atom. The predicted molar refractivity (Wildman–Crippen MR) is 153 cm³/mol. The summed E-state index contributed by atoms with van der Waals surface area (Å²) < 4.78 is 9.88. The standard InChI is InChI=1S/C27H27N7O9S/c1-14-9-18(31-43-14)11-28-33-8-7-32(27(33)41)26(40)29-19-6-4-3-5-16(19)10-20(36)30-21-23(37)34-22(25(38)39)17(12-42-15(2)35)13-44-24(21)34/h3-6,9,11,21,24H,7-8,10,12-13H2,1-2H3,(H,29,40)(H,30,36)(H,38,39)/b28-11+/t21?,24-/m1/s1. The predicted octanol–water partition coefficient (Wildman–Crippen LogP) is 1.13. The summed E-state index contributed by atoms with van der Waals surface area (Å²) in [4.78, 5) is 76.8. The van der Waals surface area contributed by atoms with Crippen molar-refractivity contribution in [2.24, 2.45) is 5.10 Å². The Kier molecular flexibility index (Phi) is 8.66. The van der Waals surface area contributed by atoms with Crippen molar-refractivity contribution >= 4 is 59.5 Å². The molecule has 2 aromatic rings. The molecule has 17 heteroatoms. The number of amides is 6. The number of rotatable bonds is 9. The first kappa shape index (κ1) is 30.3. The number of fused-ring (bicyclic) bond motifs is 1. The smallest absolute Gasteiger partial charge is 0.352 e. The van der Waals surface area contributed by atoms with E-state index in [0.717, 1.165) is 14.8 Å². The number of urea groups is 2. The molecule has 3 aliphatic rings. The maximum atomic E-state index is 13.0. The third kappa shape index (κ3) is 6.26. The van der Waals surface area contributed by atoms with E-state index < -0.39 is 47.2 Å². The Balaban J connectivity index is 1.19. The lowest BCUT2D eigenvalue weighted by atomic mass is 10.0. The molecule has 6 amide bonds. The van der Waals surface area contributed by atoms with E-state index in [4.69, 9.17) is 9.26 Å². The second-order valence-electron chi connectivity index (χ2n) is 9.92. The van der Waals surface area contributed by atoms with Crippen LogP contribution >= 0.6 is 11.8 Å². The van der Waals surface area contributed by atoms with Crippen LogP contribution in [0.1, 0.15) is 23.9 Å². The highest BCUT2D eigenvalue weighted by Crippen LogP contribution is 2.40. The molecule has 230 valence electrons. The molecule has 44 heavy (non-hydrogen) atoms.